The van der Waals surface area contributed by atoms with Gasteiger partial charge in [-0.05, 0) is 5.92 Å². The van der Waals surface area contributed by atoms with Crippen LogP contribution in [-0.4, -0.2) is 36.1 Å². The molecule has 0 amide bonds. The average molecular weight is 206 g/mol. The molecule has 0 unspecified atom stereocenters. The third kappa shape index (κ3) is 2.09. The van der Waals surface area contributed by atoms with Crippen molar-refractivity contribution >= 4 is 5.82 Å². The van der Waals surface area contributed by atoms with Gasteiger partial charge in [-0.1, -0.05) is 13.8 Å². The second-order valence-corrected chi connectivity index (χ2v) is 4.38. The highest BCUT2D eigenvalue weighted by molar-refractivity contribution is 5.40. The summed E-state index contributed by atoms with van der Waals surface area (Å²) in [6.07, 6.45) is 1.66. The highest BCUT2D eigenvalue weighted by Gasteiger charge is 2.22. The van der Waals surface area contributed by atoms with E-state index in [0.29, 0.717) is 12.0 Å². The molecule has 0 aromatic carbocycles. The van der Waals surface area contributed by atoms with E-state index in [1.54, 1.807) is 6.33 Å². The van der Waals surface area contributed by atoms with Gasteiger partial charge in [-0.15, -0.1) is 0 Å². The minimum atomic E-state index is 0.458. The predicted molar refractivity (Wildman–Crippen MR) is 61.2 cm³/mol. The first kappa shape index (κ1) is 10.4. The van der Waals surface area contributed by atoms with Gasteiger partial charge in [0.2, 0.25) is 0 Å². The van der Waals surface area contributed by atoms with E-state index in [2.05, 4.69) is 47.1 Å². The fourth-order valence-electron chi connectivity index (χ4n) is 1.60. The zero-order valence-electron chi connectivity index (χ0n) is 9.57. The van der Waals surface area contributed by atoms with Crippen LogP contribution in [-0.2, 0) is 0 Å². The van der Waals surface area contributed by atoms with Gasteiger partial charge in [0.15, 0.2) is 0 Å². The first-order valence-electron chi connectivity index (χ1n) is 5.44. The van der Waals surface area contributed by atoms with Gasteiger partial charge in [0.05, 0.1) is 6.04 Å². The molecule has 0 aliphatic carbocycles. The molecule has 4 heteroatoms. The van der Waals surface area contributed by atoms with E-state index < -0.39 is 0 Å². The van der Waals surface area contributed by atoms with Crippen molar-refractivity contribution in [3.8, 4) is 0 Å². The van der Waals surface area contributed by atoms with Gasteiger partial charge >= 0.3 is 0 Å². The summed E-state index contributed by atoms with van der Waals surface area (Å²) < 4.78 is 0. The number of hydrogen-bond acceptors (Lipinski definition) is 4. The first-order chi connectivity index (χ1) is 7.18. The minimum Gasteiger partial charge on any atom is -0.354 e. The van der Waals surface area contributed by atoms with Crippen molar-refractivity contribution < 1.29 is 0 Å². The molecule has 15 heavy (non-hydrogen) atoms. The Kier molecular flexibility index (Phi) is 2.86. The maximum atomic E-state index is 4.31. The molecule has 0 saturated carbocycles. The molecule has 0 bridgehead atoms. The maximum absolute atomic E-state index is 4.31. The van der Waals surface area contributed by atoms with Gasteiger partial charge in [0, 0.05) is 31.9 Å². The lowest BCUT2D eigenvalue weighted by Crippen LogP contribution is -2.56. The smallest absolute Gasteiger partial charge is 0.132 e. The van der Waals surface area contributed by atoms with Crippen LogP contribution in [0.1, 0.15) is 25.5 Å². The molecule has 0 atom stereocenters. The van der Waals surface area contributed by atoms with E-state index in [0.717, 1.165) is 24.6 Å². The highest BCUT2D eigenvalue weighted by atomic mass is 15.3. The van der Waals surface area contributed by atoms with E-state index in [1.807, 2.05) is 0 Å². The molecule has 0 radical (unpaired) electrons. The zero-order valence-corrected chi connectivity index (χ0v) is 9.57. The van der Waals surface area contributed by atoms with Crippen LogP contribution in [0.15, 0.2) is 12.4 Å². The lowest BCUT2D eigenvalue weighted by atomic mass is 10.1. The third-order valence-electron chi connectivity index (χ3n) is 2.93. The molecule has 1 saturated heterocycles. The van der Waals surface area contributed by atoms with Crippen LogP contribution in [0.5, 0.6) is 0 Å². The predicted octanol–water partition coefficient (Wildman–Crippen LogP) is 1.01. The van der Waals surface area contributed by atoms with Crippen molar-refractivity contribution in [3.05, 3.63) is 18.1 Å². The molecule has 2 rings (SSSR count). The Hall–Kier alpha value is -1.16. The second kappa shape index (κ2) is 4.14. The van der Waals surface area contributed by atoms with Crippen LogP contribution < -0.4 is 10.2 Å². The average Bonchev–Trinajstić information content (AvgIpc) is 2.15. The molecular formula is C11H18N4. The summed E-state index contributed by atoms with van der Waals surface area (Å²) in [6, 6.07) is 2.67. The number of nitrogens with zero attached hydrogens (tertiary/aromatic N) is 3. The fraction of sp³-hybridized carbons (Fsp3) is 0.636. The summed E-state index contributed by atoms with van der Waals surface area (Å²) in [5.74, 6) is 1.49. The Morgan fingerprint density at radius 1 is 1.40 bits per heavy atom. The Balaban J connectivity index is 2.16. The standard InChI is InChI=1S/C11H18N4/c1-8(2)10-4-11(14-7-13-10)15(3)9-5-12-6-9/h4,7-9,12H,5-6H2,1-3H3. The number of likely N-dealkylation sites (N-methyl/N-ethyl adjacent to an activating group) is 1. The Morgan fingerprint density at radius 2 is 2.13 bits per heavy atom. The van der Waals surface area contributed by atoms with Gasteiger partial charge in [0.1, 0.15) is 12.1 Å². The normalized spacial score (nSPS) is 16.5. The van der Waals surface area contributed by atoms with E-state index in [4.69, 9.17) is 0 Å². The molecule has 2 heterocycles. The monoisotopic (exact) mass is 206 g/mol. The zero-order chi connectivity index (χ0) is 10.8. The van der Waals surface area contributed by atoms with E-state index in [-0.39, 0.29) is 0 Å². The molecule has 1 aliphatic rings. The third-order valence-corrected chi connectivity index (χ3v) is 2.93. The molecule has 82 valence electrons. The molecular weight excluding hydrogens is 188 g/mol. The quantitative estimate of drug-likeness (QED) is 0.801. The topological polar surface area (TPSA) is 41.0 Å². The SMILES string of the molecule is CC(C)c1cc(N(C)C2CNC2)ncn1. The van der Waals surface area contributed by atoms with Crippen molar-refractivity contribution in [3.63, 3.8) is 0 Å². The van der Waals surface area contributed by atoms with Crippen molar-refractivity contribution in [2.45, 2.75) is 25.8 Å². The molecule has 1 fully saturated rings. The van der Waals surface area contributed by atoms with Crippen molar-refractivity contribution in [2.75, 3.05) is 25.0 Å². The highest BCUT2D eigenvalue weighted by Crippen LogP contribution is 2.18. The molecule has 1 N–H and O–H groups in total. The molecule has 1 aliphatic heterocycles. The Labute approximate surface area is 90.7 Å². The Morgan fingerprint density at radius 3 is 2.67 bits per heavy atom. The summed E-state index contributed by atoms with van der Waals surface area (Å²) >= 11 is 0. The molecule has 1 aromatic rings. The fourth-order valence-corrected chi connectivity index (χ4v) is 1.60. The van der Waals surface area contributed by atoms with E-state index >= 15 is 0 Å². The number of hydrogen-bond donors (Lipinski definition) is 1. The van der Waals surface area contributed by atoms with Gasteiger partial charge in [-0.2, -0.15) is 0 Å². The van der Waals surface area contributed by atoms with Gasteiger partial charge in [-0.3, -0.25) is 0 Å². The summed E-state index contributed by atoms with van der Waals surface area (Å²) in [6.45, 7) is 6.41. The number of anilines is 1. The minimum absolute atomic E-state index is 0.458. The summed E-state index contributed by atoms with van der Waals surface area (Å²) in [5.41, 5.74) is 1.11. The van der Waals surface area contributed by atoms with Crippen molar-refractivity contribution in [1.82, 2.24) is 15.3 Å². The first-order valence-corrected chi connectivity index (χ1v) is 5.44. The molecule has 4 nitrogen and oxygen atoms in total. The maximum Gasteiger partial charge on any atom is 0.132 e. The largest absolute Gasteiger partial charge is 0.354 e. The molecule has 0 spiro atoms. The van der Waals surface area contributed by atoms with Gasteiger partial charge in [-0.25, -0.2) is 9.97 Å². The summed E-state index contributed by atoms with van der Waals surface area (Å²) in [4.78, 5) is 10.8. The number of nitrogens with one attached hydrogen (secondary N) is 1. The second-order valence-electron chi connectivity index (χ2n) is 4.38. The summed E-state index contributed by atoms with van der Waals surface area (Å²) in [5, 5.41) is 3.26. The Bertz CT molecular complexity index is 333. The van der Waals surface area contributed by atoms with Gasteiger partial charge < -0.3 is 10.2 Å². The van der Waals surface area contributed by atoms with Crippen LogP contribution in [0.3, 0.4) is 0 Å². The van der Waals surface area contributed by atoms with Crippen LogP contribution in [0.2, 0.25) is 0 Å². The van der Waals surface area contributed by atoms with Crippen molar-refractivity contribution in [2.24, 2.45) is 0 Å². The van der Waals surface area contributed by atoms with Crippen molar-refractivity contribution in [1.29, 1.82) is 0 Å². The van der Waals surface area contributed by atoms with E-state index in [1.165, 1.54) is 0 Å². The summed E-state index contributed by atoms with van der Waals surface area (Å²) in [7, 11) is 2.10. The lowest BCUT2D eigenvalue weighted by Gasteiger charge is -2.36. The number of rotatable bonds is 3. The van der Waals surface area contributed by atoms with Crippen LogP contribution >= 0.6 is 0 Å². The van der Waals surface area contributed by atoms with Crippen LogP contribution in [0.25, 0.3) is 0 Å². The molecule has 1 aromatic heterocycles. The van der Waals surface area contributed by atoms with E-state index in [9.17, 15) is 0 Å². The van der Waals surface area contributed by atoms with Crippen LogP contribution in [0, 0.1) is 0 Å². The van der Waals surface area contributed by atoms with Crippen LogP contribution in [0.4, 0.5) is 5.82 Å². The lowest BCUT2D eigenvalue weighted by molar-refractivity contribution is 0.426. The number of aromatic nitrogens is 2. The van der Waals surface area contributed by atoms with Gasteiger partial charge in [0.25, 0.3) is 0 Å².